The van der Waals surface area contributed by atoms with E-state index in [0.29, 0.717) is 10.0 Å². The molecule has 7 nitrogen and oxygen atoms in total. The molecule has 2 aromatic carbocycles. The third kappa shape index (κ3) is 5.37. The van der Waals surface area contributed by atoms with Crippen molar-refractivity contribution in [2.24, 2.45) is 5.41 Å². The van der Waals surface area contributed by atoms with Gasteiger partial charge in [-0.1, -0.05) is 42.1 Å². The van der Waals surface area contributed by atoms with Gasteiger partial charge in [0.2, 0.25) is 5.91 Å². The first-order valence-electron chi connectivity index (χ1n) is 8.21. The minimum Gasteiger partial charge on any atom is -0.481 e. The van der Waals surface area contributed by atoms with E-state index in [0.717, 1.165) is 22.0 Å². The number of carbonyl (C=O) groups excluding carboxylic acids is 1. The van der Waals surface area contributed by atoms with Gasteiger partial charge in [0.15, 0.2) is 9.75 Å². The Labute approximate surface area is 185 Å². The number of hydrogen-bond donors (Lipinski definition) is 3. The predicted octanol–water partition coefficient (Wildman–Crippen LogP) is 3.19. The smallest absolute Gasteiger partial charge is 0.320 e. The van der Waals surface area contributed by atoms with Crippen molar-refractivity contribution < 1.29 is 24.6 Å². The molecule has 147 valence electrons. The number of nitrogens with one attached hydrogen (secondary N) is 1. The van der Waals surface area contributed by atoms with Gasteiger partial charge in [-0.2, -0.15) is 0 Å². The maximum atomic E-state index is 12.8. The zero-order chi connectivity index (χ0) is 20.1. The average Bonchev–Trinajstić information content (AvgIpc) is 3.08. The summed E-state index contributed by atoms with van der Waals surface area (Å²) in [6.45, 7) is 0. The van der Waals surface area contributed by atoms with Crippen molar-refractivity contribution >= 4 is 74.2 Å². The lowest BCUT2D eigenvalue weighted by molar-refractivity contribution is -0.158. The second kappa shape index (κ2) is 9.89. The van der Waals surface area contributed by atoms with Crippen LogP contribution in [0.1, 0.15) is 6.42 Å². The largest absolute Gasteiger partial charge is 0.481 e. The van der Waals surface area contributed by atoms with Crippen molar-refractivity contribution in [1.29, 1.82) is 0 Å². The number of para-hydroxylation sites is 2. The highest BCUT2D eigenvalue weighted by molar-refractivity contribution is 8.01. The number of hydrogen-bond acceptors (Lipinski definition) is 6. The monoisotopic (exact) mass is 443 g/mol. The van der Waals surface area contributed by atoms with Crippen LogP contribution in [0, 0.1) is 5.41 Å². The fraction of sp³-hybridized carbons (Fsp3) is 0.158. The normalized spacial score (nSPS) is 12.6. The van der Waals surface area contributed by atoms with Crippen LogP contribution in [0.15, 0.2) is 58.9 Å². The van der Waals surface area contributed by atoms with Gasteiger partial charge in [0, 0.05) is 28.8 Å². The van der Waals surface area contributed by atoms with Crippen LogP contribution in [0.4, 0.5) is 5.69 Å². The second-order valence-electron chi connectivity index (χ2n) is 6.01. The molecule has 0 aliphatic rings. The number of aromatic nitrogens is 1. The number of thioether (sulfide) groups is 1. The lowest BCUT2D eigenvalue weighted by atomic mass is 9.85. The number of carboxylic acid groups (broad SMARTS) is 2. The Morgan fingerprint density at radius 3 is 2.31 bits per heavy atom. The molecule has 3 N–H and O–H groups in total. The van der Waals surface area contributed by atoms with Gasteiger partial charge in [0.1, 0.15) is 0 Å². The summed E-state index contributed by atoms with van der Waals surface area (Å²) < 4.78 is 1.50. The van der Waals surface area contributed by atoms with Gasteiger partial charge in [-0.25, -0.2) is 4.98 Å². The molecule has 3 radical (unpaired) electrons. The Hall–Kier alpha value is -2.38. The van der Waals surface area contributed by atoms with Crippen LogP contribution in [-0.2, 0) is 14.4 Å². The quantitative estimate of drug-likeness (QED) is 0.278. The van der Waals surface area contributed by atoms with Gasteiger partial charge in [-0.15, -0.1) is 11.3 Å². The van der Waals surface area contributed by atoms with Crippen LogP contribution in [0.25, 0.3) is 10.2 Å². The lowest BCUT2D eigenvalue weighted by Crippen LogP contribution is -2.46. The summed E-state index contributed by atoms with van der Waals surface area (Å²) in [4.78, 5) is 40.6. The number of fused-ring (bicyclic) bond motifs is 1. The molecule has 1 amide bonds. The minimum atomic E-state index is -2.13. The highest BCUT2D eigenvalue weighted by Gasteiger charge is 2.48. The van der Waals surface area contributed by atoms with E-state index in [1.54, 1.807) is 30.3 Å². The average molecular weight is 443 g/mol. The van der Waals surface area contributed by atoms with E-state index in [-0.39, 0.29) is 23.1 Å². The van der Waals surface area contributed by atoms with E-state index in [2.05, 4.69) is 10.3 Å². The van der Waals surface area contributed by atoms with Crippen LogP contribution in [0.5, 0.6) is 0 Å². The summed E-state index contributed by atoms with van der Waals surface area (Å²) in [5.41, 5.74) is -0.971. The number of rotatable bonds is 8. The van der Waals surface area contributed by atoms with Gasteiger partial charge in [0.05, 0.1) is 16.6 Å². The first-order chi connectivity index (χ1) is 13.4. The number of benzene rings is 2. The Kier molecular flexibility index (Phi) is 7.82. The van der Waals surface area contributed by atoms with E-state index >= 15 is 0 Å². The van der Waals surface area contributed by atoms with Crippen molar-refractivity contribution in [3.05, 3.63) is 54.6 Å². The molecule has 0 aliphatic carbocycles. The van der Waals surface area contributed by atoms with Crippen LogP contribution < -0.4 is 5.32 Å². The number of aliphatic carboxylic acids is 2. The predicted molar refractivity (Wildman–Crippen MR) is 113 cm³/mol. The van der Waals surface area contributed by atoms with Crippen LogP contribution in [0.3, 0.4) is 0 Å². The molecule has 0 bridgehead atoms. The van der Waals surface area contributed by atoms with Crippen molar-refractivity contribution in [2.45, 2.75) is 10.8 Å². The molecule has 0 aliphatic heterocycles. The summed E-state index contributed by atoms with van der Waals surface area (Å²) in [6, 6.07) is 15.8. The fourth-order valence-electron chi connectivity index (χ4n) is 2.56. The van der Waals surface area contributed by atoms with Gasteiger partial charge in [-0.3, -0.25) is 14.4 Å². The van der Waals surface area contributed by atoms with Crippen molar-refractivity contribution in [2.75, 3.05) is 11.1 Å². The highest BCUT2D eigenvalue weighted by Crippen LogP contribution is 2.36. The molecule has 3 rings (SSSR count). The maximum Gasteiger partial charge on any atom is 0.320 e. The molecule has 0 saturated carbocycles. The summed E-state index contributed by atoms with van der Waals surface area (Å²) >= 11 is 2.43. The number of carbonyl (C=O) groups is 3. The molecular weight excluding hydrogens is 427 g/mol. The van der Waals surface area contributed by atoms with Crippen LogP contribution >= 0.6 is 23.1 Å². The van der Waals surface area contributed by atoms with Crippen molar-refractivity contribution in [3.63, 3.8) is 0 Å². The molecule has 1 aromatic heterocycles. The number of anilines is 1. The summed E-state index contributed by atoms with van der Waals surface area (Å²) in [5, 5.41) is 21.6. The first kappa shape index (κ1) is 22.9. The number of nitrogens with zero attached hydrogens (tertiary/aromatic N) is 1. The molecule has 0 saturated heterocycles. The van der Waals surface area contributed by atoms with Crippen molar-refractivity contribution in [3.8, 4) is 0 Å². The minimum absolute atomic E-state index is 0. The number of carboxylic acids is 2. The van der Waals surface area contributed by atoms with Gasteiger partial charge >= 0.3 is 11.9 Å². The number of thiazole rings is 1. The third-order valence-electron chi connectivity index (χ3n) is 4.04. The molecule has 1 heterocycles. The summed E-state index contributed by atoms with van der Waals surface area (Å²) in [7, 11) is 0. The molecule has 10 heteroatoms. The van der Waals surface area contributed by atoms with Gasteiger partial charge in [-0.05, 0) is 24.3 Å². The molecule has 0 fully saturated rings. The number of amides is 1. The molecule has 0 spiro atoms. The van der Waals surface area contributed by atoms with Gasteiger partial charge in [0.25, 0.3) is 0 Å². The Bertz CT molecular complexity index is 995. The SMILES string of the molecule is O=C(O)CC(CSc1nc2ccccc2s1)(C(=O)O)C(=O)Nc1ccccc1.[Al]. The third-order valence-corrected chi connectivity index (χ3v) is 6.45. The van der Waals surface area contributed by atoms with Crippen LogP contribution in [-0.4, -0.2) is 56.2 Å². The zero-order valence-corrected chi connectivity index (χ0v) is 17.9. The molecular formula is C19H16AlN2O5S2. The standard InChI is InChI=1S/C19H16N2O5S2.Al/c22-15(23)10-19(17(25)26,16(24)20-12-6-2-1-3-7-12)11-27-18-21-13-8-4-5-9-14(13)28-18;/h1-9H,10-11H2,(H,20,24)(H,22,23)(H,25,26);. The molecule has 1 unspecified atom stereocenters. The van der Waals surface area contributed by atoms with Crippen LogP contribution in [0.2, 0.25) is 0 Å². The highest BCUT2D eigenvalue weighted by atomic mass is 32.2. The molecule has 29 heavy (non-hydrogen) atoms. The fourth-order valence-corrected chi connectivity index (χ4v) is 4.83. The Balaban J connectivity index is 0.00000300. The summed E-state index contributed by atoms with van der Waals surface area (Å²) in [6.07, 6.45) is -0.834. The molecule has 1 atom stereocenters. The van der Waals surface area contributed by atoms with E-state index in [1.165, 1.54) is 11.3 Å². The Morgan fingerprint density at radius 1 is 1.03 bits per heavy atom. The van der Waals surface area contributed by atoms with E-state index < -0.39 is 29.7 Å². The zero-order valence-electron chi connectivity index (χ0n) is 15.1. The molecule has 3 aromatic rings. The topological polar surface area (TPSA) is 117 Å². The summed E-state index contributed by atoms with van der Waals surface area (Å²) in [5.74, 6) is -3.98. The maximum absolute atomic E-state index is 12.8. The van der Waals surface area contributed by atoms with E-state index in [9.17, 15) is 24.6 Å². The second-order valence-corrected chi connectivity index (χ2v) is 8.27. The Morgan fingerprint density at radius 2 is 1.69 bits per heavy atom. The van der Waals surface area contributed by atoms with Gasteiger partial charge < -0.3 is 15.5 Å². The lowest BCUT2D eigenvalue weighted by Gasteiger charge is -2.26. The van der Waals surface area contributed by atoms with E-state index in [4.69, 9.17) is 0 Å². The first-order valence-corrected chi connectivity index (χ1v) is 10.0. The van der Waals surface area contributed by atoms with Crippen molar-refractivity contribution in [1.82, 2.24) is 4.98 Å². The van der Waals surface area contributed by atoms with E-state index in [1.807, 2.05) is 24.3 Å².